The highest BCUT2D eigenvalue weighted by molar-refractivity contribution is 8.01. The van der Waals surface area contributed by atoms with E-state index in [1.807, 2.05) is 11.9 Å². The van der Waals surface area contributed by atoms with Crippen molar-refractivity contribution in [2.75, 3.05) is 0 Å². The molecule has 1 fully saturated rings. The quantitative estimate of drug-likeness (QED) is 0.821. The van der Waals surface area contributed by atoms with E-state index in [-0.39, 0.29) is 0 Å². The normalized spacial score (nSPS) is 26.1. The second-order valence-corrected chi connectivity index (χ2v) is 6.53. The van der Waals surface area contributed by atoms with Crippen LogP contribution >= 0.6 is 23.9 Å². The van der Waals surface area contributed by atoms with Crippen LogP contribution in [0.3, 0.4) is 0 Å². The summed E-state index contributed by atoms with van der Waals surface area (Å²) >= 11 is 3.39. The van der Waals surface area contributed by atoms with E-state index in [9.17, 15) is 0 Å². The summed E-state index contributed by atoms with van der Waals surface area (Å²) in [7, 11) is 0. The number of benzene rings is 1. The lowest BCUT2D eigenvalue weighted by molar-refractivity contribution is 0.268. The maximum Gasteiger partial charge on any atom is 0.107 e. The molecule has 2 aliphatic rings. The lowest BCUT2D eigenvalue weighted by Gasteiger charge is -2.33. The zero-order chi connectivity index (χ0) is 11.7. The number of nitrogens with two attached hydrogens (primary N) is 1. The molecule has 2 nitrogen and oxygen atoms in total. The first kappa shape index (κ1) is 11.9. The maximum atomic E-state index is 5.91. The smallest absolute Gasteiger partial charge is 0.107 e. The van der Waals surface area contributed by atoms with Gasteiger partial charge in [-0.1, -0.05) is 49.4 Å². The molecule has 17 heavy (non-hydrogen) atoms. The Bertz CT molecular complexity index is 391. The van der Waals surface area contributed by atoms with Crippen LogP contribution in [-0.4, -0.2) is 10.3 Å². The minimum Gasteiger partial charge on any atom is -0.276 e. The average molecular weight is 266 g/mol. The van der Waals surface area contributed by atoms with Gasteiger partial charge in [-0.05, 0) is 36.4 Å². The Morgan fingerprint density at radius 1 is 1.18 bits per heavy atom. The van der Waals surface area contributed by atoms with Crippen LogP contribution in [0.4, 0.5) is 0 Å². The van der Waals surface area contributed by atoms with Gasteiger partial charge in [-0.25, -0.2) is 4.31 Å². The molecule has 2 N–H and O–H groups in total. The van der Waals surface area contributed by atoms with E-state index >= 15 is 0 Å². The van der Waals surface area contributed by atoms with Crippen LogP contribution in [0, 0.1) is 0 Å². The second-order valence-electron chi connectivity index (χ2n) is 4.77. The van der Waals surface area contributed by atoms with Gasteiger partial charge in [-0.15, -0.1) is 0 Å². The number of nitrogens with zero attached hydrogens (tertiary/aromatic N) is 1. The van der Waals surface area contributed by atoms with Gasteiger partial charge in [0.05, 0.1) is 0 Å². The van der Waals surface area contributed by atoms with Gasteiger partial charge in [0, 0.05) is 10.9 Å². The van der Waals surface area contributed by atoms with E-state index in [0.29, 0.717) is 11.4 Å². The highest BCUT2D eigenvalue weighted by Gasteiger charge is 2.36. The predicted octanol–water partition coefficient (Wildman–Crippen LogP) is 3.95. The van der Waals surface area contributed by atoms with E-state index in [0.717, 1.165) is 0 Å². The molecule has 1 heterocycles. The van der Waals surface area contributed by atoms with Crippen molar-refractivity contribution in [3.05, 3.63) is 29.8 Å². The zero-order valence-electron chi connectivity index (χ0n) is 9.84. The van der Waals surface area contributed by atoms with E-state index in [2.05, 4.69) is 28.6 Å². The Kier molecular flexibility index (Phi) is 3.66. The van der Waals surface area contributed by atoms with Gasteiger partial charge in [-0.2, -0.15) is 0 Å². The molecule has 1 aromatic carbocycles. The predicted molar refractivity (Wildman–Crippen MR) is 75.5 cm³/mol. The van der Waals surface area contributed by atoms with Crippen LogP contribution in [0.2, 0.25) is 0 Å². The molecule has 1 aliphatic carbocycles. The van der Waals surface area contributed by atoms with Gasteiger partial charge in [0.25, 0.3) is 0 Å². The molecule has 0 spiro atoms. The maximum absolute atomic E-state index is 5.91. The summed E-state index contributed by atoms with van der Waals surface area (Å²) in [4.78, 5) is 1.39. The lowest BCUT2D eigenvalue weighted by Crippen LogP contribution is -2.31. The molecular formula is C13H18N2S2. The van der Waals surface area contributed by atoms with Crippen molar-refractivity contribution in [3.8, 4) is 0 Å². The van der Waals surface area contributed by atoms with Gasteiger partial charge >= 0.3 is 0 Å². The standard InChI is InChI=1S/C13H18N2S2/c14-16-13-11-8-4-5-9-12(11)17-15(13)10-6-2-1-3-7-10/h4-5,8-10,13H,1-3,6-7,14H2. The van der Waals surface area contributed by atoms with Crippen LogP contribution in [0.15, 0.2) is 29.2 Å². The fraction of sp³-hybridized carbons (Fsp3) is 0.538. The molecule has 1 aliphatic heterocycles. The molecule has 0 saturated heterocycles. The Morgan fingerprint density at radius 2 is 1.94 bits per heavy atom. The van der Waals surface area contributed by atoms with E-state index < -0.39 is 0 Å². The second kappa shape index (κ2) is 5.22. The number of fused-ring (bicyclic) bond motifs is 1. The van der Waals surface area contributed by atoms with E-state index in [4.69, 9.17) is 5.14 Å². The summed E-state index contributed by atoms with van der Waals surface area (Å²) < 4.78 is 2.54. The van der Waals surface area contributed by atoms with Crippen molar-refractivity contribution in [2.24, 2.45) is 5.14 Å². The summed E-state index contributed by atoms with van der Waals surface area (Å²) in [6, 6.07) is 9.38. The molecule has 1 unspecified atom stereocenters. The largest absolute Gasteiger partial charge is 0.276 e. The average Bonchev–Trinajstić information content (AvgIpc) is 2.78. The third-order valence-corrected chi connectivity index (χ3v) is 5.84. The third kappa shape index (κ3) is 2.24. The van der Waals surface area contributed by atoms with Gasteiger partial charge < -0.3 is 0 Å². The minimum atomic E-state index is 0.347. The monoisotopic (exact) mass is 266 g/mol. The number of hydrogen-bond donors (Lipinski definition) is 1. The van der Waals surface area contributed by atoms with Crippen LogP contribution in [0.1, 0.15) is 43.0 Å². The summed E-state index contributed by atoms with van der Waals surface area (Å²) in [5, 5.41) is 6.25. The van der Waals surface area contributed by atoms with Crippen molar-refractivity contribution in [2.45, 2.75) is 48.4 Å². The molecule has 1 aromatic rings. The van der Waals surface area contributed by atoms with E-state index in [1.54, 1.807) is 0 Å². The van der Waals surface area contributed by atoms with Gasteiger partial charge in [0.1, 0.15) is 5.37 Å². The molecule has 0 aromatic heterocycles. The molecule has 4 heteroatoms. The van der Waals surface area contributed by atoms with E-state index in [1.165, 1.54) is 54.5 Å². The fourth-order valence-corrected chi connectivity index (χ4v) is 5.02. The minimum absolute atomic E-state index is 0.347. The molecule has 0 radical (unpaired) electrons. The molecule has 3 rings (SSSR count). The molecular weight excluding hydrogens is 248 g/mol. The molecule has 0 bridgehead atoms. The van der Waals surface area contributed by atoms with Crippen molar-refractivity contribution < 1.29 is 0 Å². The van der Waals surface area contributed by atoms with Crippen LogP contribution in [0.5, 0.6) is 0 Å². The summed E-state index contributed by atoms with van der Waals surface area (Å²) in [6.07, 6.45) is 6.82. The van der Waals surface area contributed by atoms with Crippen LogP contribution in [-0.2, 0) is 0 Å². The van der Waals surface area contributed by atoms with Crippen molar-refractivity contribution in [3.63, 3.8) is 0 Å². The number of hydrogen-bond acceptors (Lipinski definition) is 4. The zero-order valence-corrected chi connectivity index (χ0v) is 11.5. The first-order chi connectivity index (χ1) is 8.40. The van der Waals surface area contributed by atoms with Gasteiger partial charge in [0.2, 0.25) is 0 Å². The number of rotatable bonds is 2. The van der Waals surface area contributed by atoms with Crippen molar-refractivity contribution in [1.29, 1.82) is 0 Å². The molecule has 1 saturated carbocycles. The molecule has 0 amide bonds. The Balaban J connectivity index is 1.83. The highest BCUT2D eigenvalue weighted by atomic mass is 32.2. The van der Waals surface area contributed by atoms with Crippen LogP contribution in [0.25, 0.3) is 0 Å². The highest BCUT2D eigenvalue weighted by Crippen LogP contribution is 2.50. The topological polar surface area (TPSA) is 29.3 Å². The van der Waals surface area contributed by atoms with Gasteiger partial charge in [-0.3, -0.25) is 5.14 Å². The summed E-state index contributed by atoms with van der Waals surface area (Å²) in [6.45, 7) is 0. The Morgan fingerprint density at radius 3 is 2.71 bits per heavy atom. The summed E-state index contributed by atoms with van der Waals surface area (Å²) in [5.41, 5.74) is 1.40. The lowest BCUT2D eigenvalue weighted by atomic mass is 9.95. The Labute approximate surface area is 112 Å². The SMILES string of the molecule is NSC1c2ccccc2SN1C1CCCCC1. The van der Waals surface area contributed by atoms with Crippen LogP contribution < -0.4 is 5.14 Å². The van der Waals surface area contributed by atoms with Crippen molar-refractivity contribution in [1.82, 2.24) is 4.31 Å². The molecule has 1 atom stereocenters. The van der Waals surface area contributed by atoms with Crippen molar-refractivity contribution >= 4 is 23.9 Å². The molecule has 92 valence electrons. The fourth-order valence-electron chi connectivity index (χ4n) is 2.80. The van der Waals surface area contributed by atoms with Gasteiger partial charge in [0.15, 0.2) is 0 Å². The first-order valence-corrected chi connectivity index (χ1v) is 8.02. The first-order valence-electron chi connectivity index (χ1n) is 6.31. The summed E-state index contributed by atoms with van der Waals surface area (Å²) in [5.74, 6) is 0. The Hall–Kier alpha value is -0.160. The third-order valence-electron chi connectivity index (χ3n) is 3.68.